The van der Waals surface area contributed by atoms with Crippen molar-refractivity contribution in [3.8, 4) is 0 Å². The maximum absolute atomic E-state index is 11.5. The van der Waals surface area contributed by atoms with E-state index in [1.165, 1.54) is 0 Å². The number of carboxylic acids is 1. The highest BCUT2D eigenvalue weighted by Crippen LogP contribution is 2.19. The predicted molar refractivity (Wildman–Crippen MR) is 75.3 cm³/mol. The van der Waals surface area contributed by atoms with Gasteiger partial charge in [-0.25, -0.2) is 0 Å². The van der Waals surface area contributed by atoms with Crippen molar-refractivity contribution in [2.75, 3.05) is 0 Å². The standard InChI is InChI=1S/C16H22O3/c1-4-5-15(12(3)17)10-13-6-8-14(9-7-13)11(2)16(18)19/h6-9,11,15H,4-5,10H2,1-3H3,(H,18,19). The zero-order chi connectivity index (χ0) is 14.4. The van der Waals surface area contributed by atoms with Crippen LogP contribution in [0.4, 0.5) is 0 Å². The van der Waals surface area contributed by atoms with Gasteiger partial charge in [0.05, 0.1) is 5.92 Å². The third kappa shape index (κ3) is 4.51. The van der Waals surface area contributed by atoms with Gasteiger partial charge < -0.3 is 5.11 Å². The summed E-state index contributed by atoms with van der Waals surface area (Å²) in [5.41, 5.74) is 1.89. The van der Waals surface area contributed by atoms with E-state index < -0.39 is 11.9 Å². The Bertz CT molecular complexity index is 434. The van der Waals surface area contributed by atoms with Gasteiger partial charge in [0.15, 0.2) is 0 Å². The van der Waals surface area contributed by atoms with Gasteiger partial charge in [-0.05, 0) is 37.8 Å². The molecule has 0 aliphatic heterocycles. The van der Waals surface area contributed by atoms with Crippen molar-refractivity contribution in [3.05, 3.63) is 35.4 Å². The molecule has 0 saturated heterocycles. The average Bonchev–Trinajstić information content (AvgIpc) is 2.38. The van der Waals surface area contributed by atoms with Crippen molar-refractivity contribution in [2.45, 2.75) is 46.0 Å². The van der Waals surface area contributed by atoms with Gasteiger partial charge in [-0.1, -0.05) is 37.6 Å². The Morgan fingerprint density at radius 2 is 1.79 bits per heavy atom. The summed E-state index contributed by atoms with van der Waals surface area (Å²) in [6.45, 7) is 5.39. The summed E-state index contributed by atoms with van der Waals surface area (Å²) in [6, 6.07) is 7.55. The molecule has 3 heteroatoms. The number of carboxylic acid groups (broad SMARTS) is 1. The fraction of sp³-hybridized carbons (Fsp3) is 0.500. The van der Waals surface area contributed by atoms with Crippen LogP contribution in [0.1, 0.15) is 50.7 Å². The lowest BCUT2D eigenvalue weighted by Crippen LogP contribution is -2.14. The van der Waals surface area contributed by atoms with Gasteiger partial charge in [0, 0.05) is 5.92 Å². The molecule has 0 aliphatic carbocycles. The Labute approximate surface area is 114 Å². The quantitative estimate of drug-likeness (QED) is 0.819. The molecule has 19 heavy (non-hydrogen) atoms. The minimum atomic E-state index is -0.819. The Kier molecular flexibility index (Phi) is 5.74. The van der Waals surface area contributed by atoms with Crippen molar-refractivity contribution < 1.29 is 14.7 Å². The van der Waals surface area contributed by atoms with Crippen LogP contribution in [0.3, 0.4) is 0 Å². The second-order valence-corrected chi connectivity index (χ2v) is 5.10. The maximum atomic E-state index is 11.5. The molecule has 1 rings (SSSR count). The first kappa shape index (κ1) is 15.4. The van der Waals surface area contributed by atoms with Gasteiger partial charge >= 0.3 is 5.97 Å². The molecule has 0 aromatic heterocycles. The van der Waals surface area contributed by atoms with Crippen LogP contribution in [0, 0.1) is 5.92 Å². The number of hydrogen-bond donors (Lipinski definition) is 1. The van der Waals surface area contributed by atoms with E-state index in [2.05, 4.69) is 6.92 Å². The molecular weight excluding hydrogens is 240 g/mol. The lowest BCUT2D eigenvalue weighted by molar-refractivity contribution is -0.138. The first-order chi connectivity index (χ1) is 8.95. The van der Waals surface area contributed by atoms with Crippen molar-refractivity contribution in [1.29, 1.82) is 0 Å². The first-order valence-corrected chi connectivity index (χ1v) is 6.77. The molecule has 0 aliphatic rings. The first-order valence-electron chi connectivity index (χ1n) is 6.77. The summed E-state index contributed by atoms with van der Waals surface area (Å²) < 4.78 is 0. The molecule has 0 amide bonds. The van der Waals surface area contributed by atoms with E-state index in [1.54, 1.807) is 13.8 Å². The second kappa shape index (κ2) is 7.07. The van der Waals surface area contributed by atoms with Gasteiger partial charge in [-0.3, -0.25) is 9.59 Å². The van der Waals surface area contributed by atoms with Crippen LogP contribution in [0.25, 0.3) is 0 Å². The molecule has 0 heterocycles. The van der Waals surface area contributed by atoms with Gasteiger partial charge in [0.25, 0.3) is 0 Å². The molecule has 0 radical (unpaired) electrons. The fourth-order valence-electron chi connectivity index (χ4n) is 2.17. The third-order valence-corrected chi connectivity index (χ3v) is 3.54. The molecule has 0 bridgehead atoms. The van der Waals surface area contributed by atoms with E-state index in [9.17, 15) is 9.59 Å². The van der Waals surface area contributed by atoms with Gasteiger partial charge in [-0.15, -0.1) is 0 Å². The topological polar surface area (TPSA) is 54.4 Å². The largest absolute Gasteiger partial charge is 0.481 e. The Morgan fingerprint density at radius 1 is 1.21 bits per heavy atom. The predicted octanol–water partition coefficient (Wildman–Crippen LogP) is 3.42. The highest BCUT2D eigenvalue weighted by molar-refractivity contribution is 5.78. The lowest BCUT2D eigenvalue weighted by atomic mass is 9.90. The summed E-state index contributed by atoms with van der Waals surface area (Å²) >= 11 is 0. The minimum absolute atomic E-state index is 0.0766. The summed E-state index contributed by atoms with van der Waals surface area (Å²) in [4.78, 5) is 22.4. The molecule has 0 saturated carbocycles. The number of rotatable bonds is 7. The number of Topliss-reactive ketones (excluding diaryl/α,β-unsaturated/α-hetero) is 1. The van der Waals surface area contributed by atoms with Crippen LogP contribution in [0.15, 0.2) is 24.3 Å². The monoisotopic (exact) mass is 262 g/mol. The van der Waals surface area contributed by atoms with E-state index in [1.807, 2.05) is 24.3 Å². The molecular formula is C16H22O3. The number of benzene rings is 1. The summed E-state index contributed by atoms with van der Waals surface area (Å²) in [5.74, 6) is -1.01. The van der Waals surface area contributed by atoms with E-state index in [0.29, 0.717) is 0 Å². The zero-order valence-electron chi connectivity index (χ0n) is 11.8. The van der Waals surface area contributed by atoms with Crippen molar-refractivity contribution in [1.82, 2.24) is 0 Å². The third-order valence-electron chi connectivity index (χ3n) is 3.54. The Balaban J connectivity index is 2.75. The Hall–Kier alpha value is -1.64. The van der Waals surface area contributed by atoms with E-state index >= 15 is 0 Å². The highest BCUT2D eigenvalue weighted by atomic mass is 16.4. The number of ketones is 1. The second-order valence-electron chi connectivity index (χ2n) is 5.10. The van der Waals surface area contributed by atoms with Crippen LogP contribution >= 0.6 is 0 Å². The molecule has 3 nitrogen and oxygen atoms in total. The molecule has 1 aromatic rings. The van der Waals surface area contributed by atoms with E-state index in [0.717, 1.165) is 30.4 Å². The number of aliphatic carboxylic acids is 1. The normalized spacial score (nSPS) is 13.8. The molecule has 2 atom stereocenters. The fourth-order valence-corrected chi connectivity index (χ4v) is 2.17. The summed E-state index contributed by atoms with van der Waals surface area (Å²) in [5, 5.41) is 8.95. The smallest absolute Gasteiger partial charge is 0.310 e. The highest BCUT2D eigenvalue weighted by Gasteiger charge is 2.16. The molecule has 2 unspecified atom stereocenters. The molecule has 0 spiro atoms. The number of carbonyl (C=O) groups excluding carboxylic acids is 1. The Morgan fingerprint density at radius 3 is 2.21 bits per heavy atom. The van der Waals surface area contributed by atoms with Gasteiger partial charge in [0.1, 0.15) is 5.78 Å². The molecule has 1 N–H and O–H groups in total. The minimum Gasteiger partial charge on any atom is -0.481 e. The van der Waals surface area contributed by atoms with Crippen LogP contribution in [-0.2, 0) is 16.0 Å². The lowest BCUT2D eigenvalue weighted by Gasteiger charge is -2.13. The molecule has 1 aromatic carbocycles. The molecule has 104 valence electrons. The number of hydrogen-bond acceptors (Lipinski definition) is 2. The van der Waals surface area contributed by atoms with E-state index in [4.69, 9.17) is 5.11 Å². The van der Waals surface area contributed by atoms with Gasteiger partial charge in [0.2, 0.25) is 0 Å². The SMILES string of the molecule is CCCC(Cc1ccc(C(C)C(=O)O)cc1)C(C)=O. The van der Waals surface area contributed by atoms with Crippen LogP contribution < -0.4 is 0 Å². The van der Waals surface area contributed by atoms with Crippen molar-refractivity contribution in [2.24, 2.45) is 5.92 Å². The number of carbonyl (C=O) groups is 2. The zero-order valence-corrected chi connectivity index (χ0v) is 11.8. The maximum Gasteiger partial charge on any atom is 0.310 e. The summed E-state index contributed by atoms with van der Waals surface area (Å²) in [7, 11) is 0. The van der Waals surface area contributed by atoms with Crippen molar-refractivity contribution in [3.63, 3.8) is 0 Å². The van der Waals surface area contributed by atoms with Crippen LogP contribution in [-0.4, -0.2) is 16.9 Å². The van der Waals surface area contributed by atoms with Crippen molar-refractivity contribution >= 4 is 11.8 Å². The van der Waals surface area contributed by atoms with Gasteiger partial charge in [-0.2, -0.15) is 0 Å². The van der Waals surface area contributed by atoms with Crippen LogP contribution in [0.2, 0.25) is 0 Å². The molecule has 0 fully saturated rings. The average molecular weight is 262 g/mol. The summed E-state index contributed by atoms with van der Waals surface area (Å²) in [6.07, 6.45) is 2.64. The van der Waals surface area contributed by atoms with Crippen LogP contribution in [0.5, 0.6) is 0 Å². The van der Waals surface area contributed by atoms with E-state index in [-0.39, 0.29) is 11.7 Å².